The number of nitrogens with two attached hydrogens (primary N) is 1. The van der Waals surface area contributed by atoms with Gasteiger partial charge >= 0.3 is 0 Å². The Kier molecular flexibility index (Phi) is 7.39. The molecule has 0 unspecified atom stereocenters. The van der Waals surface area contributed by atoms with Gasteiger partial charge in [-0.25, -0.2) is 27.2 Å². The molecular weight excluding hydrogens is 548 g/mol. The van der Waals surface area contributed by atoms with Gasteiger partial charge in [0.05, 0.1) is 16.0 Å². The van der Waals surface area contributed by atoms with Crippen molar-refractivity contribution in [3.05, 3.63) is 66.6 Å². The van der Waals surface area contributed by atoms with E-state index in [1.54, 1.807) is 6.07 Å². The van der Waals surface area contributed by atoms with E-state index in [1.807, 2.05) is 6.20 Å². The Morgan fingerprint density at radius 3 is 2.29 bits per heavy atom. The fraction of sp³-hybridized carbons (Fsp3) is 0.379. The fourth-order valence-electron chi connectivity index (χ4n) is 6.08. The molecule has 6 rings (SSSR count). The maximum atomic E-state index is 15.3. The molecule has 2 fully saturated rings. The number of rotatable bonds is 6. The minimum atomic E-state index is -4.10. The van der Waals surface area contributed by atoms with Crippen LogP contribution >= 0.6 is 0 Å². The molecule has 4 aromatic rings. The molecule has 4 heterocycles. The first-order chi connectivity index (χ1) is 19.7. The summed E-state index contributed by atoms with van der Waals surface area (Å²) in [6.45, 7) is 4.28. The van der Waals surface area contributed by atoms with Crippen molar-refractivity contribution in [2.24, 2.45) is 0 Å². The number of nitrogen functional groups attached to an aromatic ring is 1. The van der Waals surface area contributed by atoms with Gasteiger partial charge in [0, 0.05) is 36.9 Å². The Morgan fingerprint density at radius 1 is 0.927 bits per heavy atom. The van der Waals surface area contributed by atoms with Crippen LogP contribution in [0.2, 0.25) is 0 Å². The second kappa shape index (κ2) is 11.0. The molecule has 9 nitrogen and oxygen atoms in total. The average molecular weight is 582 g/mol. The molecule has 216 valence electrons. The van der Waals surface area contributed by atoms with Gasteiger partial charge < -0.3 is 20.1 Å². The van der Waals surface area contributed by atoms with Crippen LogP contribution in [0.25, 0.3) is 22.2 Å². The molecule has 0 bridgehead atoms. The molecule has 12 heteroatoms. The standard InChI is InChI=1S/C29H33F2N7O2S/c1-36-12-8-21(9-13-36)37-14-10-22(11-15-37)38-17-24(27-28(32)33-18-34-29(27)38)19-2-7-26(25(31)16-19)35-41(39,40)23-5-3-20(30)4-6-23/h2-7,16-18,21-22,35H,8-15H2,1H3,(H2,32,33,34). The lowest BCUT2D eigenvalue weighted by atomic mass is 9.98. The third kappa shape index (κ3) is 5.51. The Bertz CT molecular complexity index is 1660. The number of anilines is 2. The van der Waals surface area contributed by atoms with E-state index in [-0.39, 0.29) is 16.6 Å². The summed E-state index contributed by atoms with van der Waals surface area (Å²) < 4.78 is 58.3. The summed E-state index contributed by atoms with van der Waals surface area (Å²) in [6, 6.07) is 9.45. The van der Waals surface area contributed by atoms with Gasteiger partial charge in [-0.3, -0.25) is 4.72 Å². The number of nitrogens with one attached hydrogen (secondary N) is 1. The van der Waals surface area contributed by atoms with Gasteiger partial charge in [-0.2, -0.15) is 0 Å². The van der Waals surface area contributed by atoms with E-state index in [9.17, 15) is 12.8 Å². The van der Waals surface area contributed by atoms with E-state index in [4.69, 9.17) is 5.73 Å². The molecule has 2 aliphatic rings. The SMILES string of the molecule is CN1CCC(N2CCC(n3cc(-c4ccc(NS(=O)(=O)c5ccc(F)cc5)c(F)c4)c4c(N)ncnc43)CC2)CC1. The van der Waals surface area contributed by atoms with Crippen LogP contribution in [-0.2, 0) is 10.0 Å². The fourth-order valence-corrected chi connectivity index (χ4v) is 7.14. The van der Waals surface area contributed by atoms with Crippen LogP contribution in [0.15, 0.2) is 59.9 Å². The van der Waals surface area contributed by atoms with Crippen molar-refractivity contribution < 1.29 is 17.2 Å². The summed E-state index contributed by atoms with van der Waals surface area (Å²) in [6.07, 6.45) is 7.74. The Hall–Kier alpha value is -3.61. The highest BCUT2D eigenvalue weighted by atomic mass is 32.2. The zero-order valence-corrected chi connectivity index (χ0v) is 23.6. The predicted octanol–water partition coefficient (Wildman–Crippen LogP) is 4.49. The summed E-state index contributed by atoms with van der Waals surface area (Å²) in [4.78, 5) is 13.6. The first kappa shape index (κ1) is 27.6. The molecule has 0 aliphatic carbocycles. The van der Waals surface area contributed by atoms with Gasteiger partial charge in [-0.05, 0) is 87.8 Å². The predicted molar refractivity (Wildman–Crippen MR) is 155 cm³/mol. The van der Waals surface area contributed by atoms with Gasteiger partial charge in [0.15, 0.2) is 0 Å². The van der Waals surface area contributed by atoms with Crippen LogP contribution in [0, 0.1) is 11.6 Å². The number of nitrogens with zero attached hydrogens (tertiary/aromatic N) is 5. The molecule has 0 spiro atoms. The molecule has 3 N–H and O–H groups in total. The summed E-state index contributed by atoms with van der Waals surface area (Å²) in [5.41, 5.74) is 8.00. The molecule has 41 heavy (non-hydrogen) atoms. The Labute approximate surface area is 238 Å². The first-order valence-corrected chi connectivity index (χ1v) is 15.3. The number of hydrogen-bond acceptors (Lipinski definition) is 7. The molecule has 2 saturated heterocycles. The largest absolute Gasteiger partial charge is 0.383 e. The molecular formula is C29H33F2N7O2S. The number of sulfonamides is 1. The van der Waals surface area contributed by atoms with Crippen molar-refractivity contribution in [2.75, 3.05) is 43.7 Å². The van der Waals surface area contributed by atoms with Crippen LogP contribution in [0.4, 0.5) is 20.3 Å². The lowest BCUT2D eigenvalue weighted by Gasteiger charge is -2.41. The molecule has 0 amide bonds. The smallest absolute Gasteiger partial charge is 0.261 e. The maximum absolute atomic E-state index is 15.3. The molecule has 0 saturated carbocycles. The zero-order valence-electron chi connectivity index (χ0n) is 22.8. The van der Waals surface area contributed by atoms with Gasteiger partial charge in [0.25, 0.3) is 10.0 Å². The number of benzene rings is 2. The minimum Gasteiger partial charge on any atom is -0.383 e. The number of piperidine rings is 2. The highest BCUT2D eigenvalue weighted by Crippen LogP contribution is 2.38. The molecule has 0 radical (unpaired) electrons. The van der Waals surface area contributed by atoms with Crippen molar-refractivity contribution >= 4 is 32.6 Å². The number of hydrogen-bond donors (Lipinski definition) is 2. The van der Waals surface area contributed by atoms with Crippen LogP contribution in [0.5, 0.6) is 0 Å². The van der Waals surface area contributed by atoms with Crippen molar-refractivity contribution in [1.82, 2.24) is 24.3 Å². The highest BCUT2D eigenvalue weighted by molar-refractivity contribution is 7.92. The van der Waals surface area contributed by atoms with E-state index >= 15 is 4.39 Å². The van der Waals surface area contributed by atoms with Crippen molar-refractivity contribution in [3.8, 4) is 11.1 Å². The molecule has 2 aromatic heterocycles. The van der Waals surface area contributed by atoms with E-state index in [1.165, 1.54) is 31.3 Å². The summed E-state index contributed by atoms with van der Waals surface area (Å²) in [5, 5.41) is 0.643. The van der Waals surface area contributed by atoms with Crippen molar-refractivity contribution in [1.29, 1.82) is 0 Å². The summed E-state index contributed by atoms with van der Waals surface area (Å²) >= 11 is 0. The number of aromatic nitrogens is 3. The van der Waals surface area contributed by atoms with Crippen LogP contribution in [-0.4, -0.2) is 72.0 Å². The quantitative estimate of drug-likeness (QED) is 0.345. The maximum Gasteiger partial charge on any atom is 0.261 e. The number of likely N-dealkylation sites (tertiary alicyclic amines) is 2. The van der Waals surface area contributed by atoms with Crippen molar-refractivity contribution in [3.63, 3.8) is 0 Å². The molecule has 2 aromatic carbocycles. The first-order valence-electron chi connectivity index (χ1n) is 13.8. The molecule has 2 aliphatic heterocycles. The third-order valence-electron chi connectivity index (χ3n) is 8.38. The highest BCUT2D eigenvalue weighted by Gasteiger charge is 2.29. The minimum absolute atomic E-state index is 0.169. The summed E-state index contributed by atoms with van der Waals surface area (Å²) in [7, 11) is -1.93. The van der Waals surface area contributed by atoms with Crippen LogP contribution in [0.3, 0.4) is 0 Å². The van der Waals surface area contributed by atoms with Crippen LogP contribution in [0.1, 0.15) is 31.7 Å². The zero-order chi connectivity index (χ0) is 28.7. The molecule has 0 atom stereocenters. The topological polar surface area (TPSA) is 109 Å². The lowest BCUT2D eigenvalue weighted by Crippen LogP contribution is -2.47. The lowest BCUT2D eigenvalue weighted by molar-refractivity contribution is 0.0879. The van der Waals surface area contributed by atoms with Crippen molar-refractivity contribution in [2.45, 2.75) is 42.7 Å². The Morgan fingerprint density at radius 2 is 1.61 bits per heavy atom. The normalized spacial score (nSPS) is 18.2. The second-order valence-corrected chi connectivity index (χ2v) is 12.6. The number of fused-ring (bicyclic) bond motifs is 1. The van der Waals surface area contributed by atoms with E-state index in [2.05, 4.69) is 36.1 Å². The average Bonchev–Trinajstić information content (AvgIpc) is 3.36. The number of halogens is 2. The van der Waals surface area contributed by atoms with Gasteiger partial charge in [-0.1, -0.05) is 6.07 Å². The van der Waals surface area contributed by atoms with E-state index < -0.39 is 21.7 Å². The Balaban J connectivity index is 1.26. The van der Waals surface area contributed by atoms with Gasteiger partial charge in [0.2, 0.25) is 0 Å². The van der Waals surface area contributed by atoms with Crippen LogP contribution < -0.4 is 10.5 Å². The van der Waals surface area contributed by atoms with Gasteiger partial charge in [-0.15, -0.1) is 0 Å². The monoisotopic (exact) mass is 581 g/mol. The third-order valence-corrected chi connectivity index (χ3v) is 9.77. The second-order valence-electron chi connectivity index (χ2n) is 11.0. The van der Waals surface area contributed by atoms with E-state index in [0.717, 1.165) is 63.3 Å². The summed E-state index contributed by atoms with van der Waals surface area (Å²) in [5.74, 6) is -1.02. The van der Waals surface area contributed by atoms with E-state index in [0.29, 0.717) is 34.0 Å². The van der Waals surface area contributed by atoms with Gasteiger partial charge in [0.1, 0.15) is 29.4 Å².